The van der Waals surface area contributed by atoms with E-state index in [1.807, 2.05) is 18.2 Å². The summed E-state index contributed by atoms with van der Waals surface area (Å²) in [4.78, 5) is 71.3. The van der Waals surface area contributed by atoms with Gasteiger partial charge in [-0.3, -0.25) is 24.0 Å². The molecule has 0 bridgehead atoms. The lowest BCUT2D eigenvalue weighted by Gasteiger charge is -2.30. The van der Waals surface area contributed by atoms with Gasteiger partial charge in [0.2, 0.25) is 21.8 Å². The number of hydrogen-bond donors (Lipinski definition) is 3. The Bertz CT molecular complexity index is 1750. The summed E-state index contributed by atoms with van der Waals surface area (Å²) >= 11 is 6.36. The van der Waals surface area contributed by atoms with Gasteiger partial charge >= 0.3 is 12.2 Å². The molecule has 17 heteroatoms. The molecule has 4 fully saturated rings. The van der Waals surface area contributed by atoms with E-state index in [2.05, 4.69) is 15.4 Å². The summed E-state index contributed by atoms with van der Waals surface area (Å²) in [6.07, 6.45) is 5.58. The van der Waals surface area contributed by atoms with Crippen LogP contribution < -0.4 is 15.4 Å². The third-order valence-electron chi connectivity index (χ3n) is 10.7. The average Bonchev–Trinajstić information content (AvgIpc) is 3.88. The maximum atomic E-state index is 14.3. The van der Waals surface area contributed by atoms with E-state index in [4.69, 9.17) is 25.8 Å². The zero-order valence-electron chi connectivity index (χ0n) is 28.7. The van der Waals surface area contributed by atoms with Gasteiger partial charge in [-0.1, -0.05) is 48.7 Å². The first-order valence-electron chi connectivity index (χ1n) is 18.1. The molecule has 4 aliphatic heterocycles. The van der Waals surface area contributed by atoms with Crippen molar-refractivity contribution in [3.63, 3.8) is 0 Å². The van der Waals surface area contributed by atoms with E-state index in [-0.39, 0.29) is 45.5 Å². The van der Waals surface area contributed by atoms with Gasteiger partial charge in [-0.05, 0) is 55.7 Å². The van der Waals surface area contributed by atoms with Crippen LogP contribution in [-0.4, -0.2) is 103 Å². The van der Waals surface area contributed by atoms with E-state index < -0.39 is 80.9 Å². The minimum Gasteiger partial charge on any atom is -0.444 e. The van der Waals surface area contributed by atoms with Gasteiger partial charge in [0, 0.05) is 30.3 Å². The molecule has 52 heavy (non-hydrogen) atoms. The van der Waals surface area contributed by atoms with Crippen molar-refractivity contribution in [1.29, 1.82) is 0 Å². The molecule has 5 amide bonds. The van der Waals surface area contributed by atoms with Crippen LogP contribution in [-0.2, 0) is 51.7 Å². The van der Waals surface area contributed by atoms with Crippen LogP contribution in [0.1, 0.15) is 75.3 Å². The minimum atomic E-state index is -3.91. The molecule has 282 valence electrons. The highest BCUT2D eigenvalue weighted by Gasteiger charge is 2.62. The van der Waals surface area contributed by atoms with Gasteiger partial charge in [0.05, 0.1) is 31.6 Å². The predicted octanol–water partition coefficient (Wildman–Crippen LogP) is 2.65. The molecule has 3 N–H and O–H groups in total. The molecule has 0 unspecified atom stereocenters. The molecule has 0 radical (unpaired) electrons. The summed E-state index contributed by atoms with van der Waals surface area (Å²) in [6.45, 7) is 1.09. The Labute approximate surface area is 307 Å². The number of ether oxygens (including phenoxy) is 3. The number of hydrogen-bond acceptors (Lipinski definition) is 10. The largest absolute Gasteiger partial charge is 0.444 e. The molecule has 0 spiro atoms. The second-order valence-electron chi connectivity index (χ2n) is 14.6. The molecule has 2 saturated carbocycles. The van der Waals surface area contributed by atoms with Crippen LogP contribution in [0.3, 0.4) is 0 Å². The number of nitrogens with zero attached hydrogens (tertiary/aromatic N) is 2. The van der Waals surface area contributed by atoms with E-state index in [1.165, 1.54) is 9.80 Å². The van der Waals surface area contributed by atoms with E-state index in [9.17, 15) is 32.4 Å². The Morgan fingerprint density at radius 2 is 1.85 bits per heavy atom. The third kappa shape index (κ3) is 7.88. The number of sulfonamides is 1. The number of rotatable bonds is 6. The van der Waals surface area contributed by atoms with Crippen molar-refractivity contribution in [1.82, 2.24) is 25.2 Å². The van der Waals surface area contributed by atoms with Crippen molar-refractivity contribution in [2.75, 3.05) is 19.8 Å². The highest BCUT2D eigenvalue weighted by atomic mass is 35.5. The van der Waals surface area contributed by atoms with Gasteiger partial charge in [0.1, 0.15) is 29.8 Å². The summed E-state index contributed by atoms with van der Waals surface area (Å²) in [5.74, 6) is -2.53. The highest BCUT2D eigenvalue weighted by molar-refractivity contribution is 7.91. The Balaban J connectivity index is 1.12. The van der Waals surface area contributed by atoms with Crippen LogP contribution in [0, 0.1) is 5.92 Å². The first kappa shape index (κ1) is 36.5. The van der Waals surface area contributed by atoms with Gasteiger partial charge in [-0.15, -0.1) is 0 Å². The minimum absolute atomic E-state index is 0.0833. The van der Waals surface area contributed by atoms with Crippen molar-refractivity contribution in [2.24, 2.45) is 5.92 Å². The van der Waals surface area contributed by atoms with Crippen molar-refractivity contribution in [3.05, 3.63) is 46.5 Å². The molecule has 2 saturated heterocycles. The smallest absolute Gasteiger partial charge is 0.410 e. The maximum absolute atomic E-state index is 14.3. The topological polar surface area (TPSA) is 190 Å². The normalized spacial score (nSPS) is 30.6. The fourth-order valence-corrected chi connectivity index (χ4v) is 9.13. The van der Waals surface area contributed by atoms with Crippen molar-refractivity contribution in [2.45, 2.75) is 112 Å². The van der Waals surface area contributed by atoms with Gasteiger partial charge in [0.15, 0.2) is 0 Å². The monoisotopic (exact) mass is 761 g/mol. The summed E-state index contributed by atoms with van der Waals surface area (Å²) in [6, 6.07) is 3.19. The second kappa shape index (κ2) is 14.9. The Kier molecular flexibility index (Phi) is 10.4. The third-order valence-corrected chi connectivity index (χ3v) is 12.9. The van der Waals surface area contributed by atoms with Gasteiger partial charge in [-0.25, -0.2) is 18.0 Å². The number of nitrogens with one attached hydrogen (secondary N) is 3. The lowest BCUT2D eigenvalue weighted by atomic mass is 10.0. The number of amides is 5. The lowest BCUT2D eigenvalue weighted by molar-refractivity contribution is -0.141. The number of allylic oxidation sites excluding steroid dienone is 1. The number of benzene rings is 1. The Hall–Kier alpha value is -3.89. The molecular weight excluding hydrogens is 718 g/mol. The zero-order chi connectivity index (χ0) is 36.6. The molecule has 6 aliphatic rings. The molecule has 6 atom stereocenters. The van der Waals surface area contributed by atoms with Crippen molar-refractivity contribution >= 4 is 51.5 Å². The molecule has 1 aromatic carbocycles. The number of carbonyl (C=O) groups is 5. The Morgan fingerprint density at radius 3 is 2.60 bits per heavy atom. The average molecular weight is 762 g/mol. The molecule has 4 heterocycles. The summed E-state index contributed by atoms with van der Waals surface area (Å²) in [5, 5.41) is 5.41. The number of fused-ring (bicyclic) bond motifs is 3. The zero-order valence-corrected chi connectivity index (χ0v) is 30.3. The quantitative estimate of drug-likeness (QED) is 0.364. The van der Waals surface area contributed by atoms with E-state index >= 15 is 0 Å². The second-order valence-corrected chi connectivity index (χ2v) is 17.0. The SMILES string of the molecule is O=C(N[C@H]1CCCCCC=C[C@@H]2C[C@@]2(C(=O)NS(=O)(=O)C2CC2)NC(=O)[C@@H]2C[C@@H](OC(=O)N3Cc4cccc(Cl)c4C3)CN2C1=O)O[C@@H]1CCOC1. The molecular formula is C35H44ClN5O10S. The lowest BCUT2D eigenvalue weighted by Crippen LogP contribution is -2.58. The first-order valence-corrected chi connectivity index (χ1v) is 20.0. The van der Waals surface area contributed by atoms with Gasteiger partial charge in [0.25, 0.3) is 5.91 Å². The molecule has 2 aliphatic carbocycles. The van der Waals surface area contributed by atoms with Crippen LogP contribution >= 0.6 is 11.6 Å². The predicted molar refractivity (Wildman–Crippen MR) is 185 cm³/mol. The first-order chi connectivity index (χ1) is 24.9. The van der Waals surface area contributed by atoms with Gasteiger partial charge in [-0.2, -0.15) is 0 Å². The van der Waals surface area contributed by atoms with Crippen molar-refractivity contribution < 1.29 is 46.6 Å². The number of carbonyl (C=O) groups excluding carboxylic acids is 5. The summed E-state index contributed by atoms with van der Waals surface area (Å²) in [5.41, 5.74) is 0.174. The van der Waals surface area contributed by atoms with Crippen LogP contribution in [0.15, 0.2) is 30.4 Å². The molecule has 15 nitrogen and oxygen atoms in total. The van der Waals surface area contributed by atoms with Crippen molar-refractivity contribution in [3.8, 4) is 0 Å². The molecule has 7 rings (SSSR count). The van der Waals surface area contributed by atoms with E-state index in [1.54, 1.807) is 12.1 Å². The van der Waals surface area contributed by atoms with E-state index in [0.717, 1.165) is 24.0 Å². The fourth-order valence-electron chi connectivity index (χ4n) is 7.51. The standard InChI is InChI=1S/C35H44ClN5O10S/c36-27-9-6-7-21-17-40(19-26(21)27)34(46)51-24-15-29-30(42)38-35(32(44)39-52(47,48)25-11-12-25)16-22(35)8-4-2-1-3-5-10-28(31(43)41(29)18-24)37-33(45)50-23-13-14-49-20-23/h4,6-9,22-25,28-29H,1-3,5,10-20H2,(H,37,45)(H,38,42)(H,39,44)/t22-,23-,24-,28+,29+,35-/m1/s1. The van der Waals surface area contributed by atoms with Crippen LogP contribution in [0.2, 0.25) is 5.02 Å². The van der Waals surface area contributed by atoms with Crippen LogP contribution in [0.25, 0.3) is 0 Å². The highest BCUT2D eigenvalue weighted by Crippen LogP contribution is 2.46. The summed E-state index contributed by atoms with van der Waals surface area (Å²) in [7, 11) is -3.91. The van der Waals surface area contributed by atoms with Gasteiger partial charge < -0.3 is 29.7 Å². The maximum Gasteiger partial charge on any atom is 0.410 e. The summed E-state index contributed by atoms with van der Waals surface area (Å²) < 4.78 is 44.4. The Morgan fingerprint density at radius 1 is 1.02 bits per heavy atom. The number of alkyl carbamates (subject to hydrolysis) is 1. The van der Waals surface area contributed by atoms with Crippen LogP contribution in [0.5, 0.6) is 0 Å². The number of halogens is 1. The van der Waals surface area contributed by atoms with Crippen LogP contribution in [0.4, 0.5) is 9.59 Å². The fraction of sp³-hybridized carbons (Fsp3) is 0.629. The molecule has 0 aromatic heterocycles. The molecule has 1 aromatic rings. The van der Waals surface area contributed by atoms with E-state index in [0.29, 0.717) is 43.7 Å².